The predicted octanol–water partition coefficient (Wildman–Crippen LogP) is 2.62. The number of aliphatic hydroxyl groups is 1. The largest absolute Gasteiger partial charge is 0.497 e. The summed E-state index contributed by atoms with van der Waals surface area (Å²) in [5.41, 5.74) is 8.21. The van der Waals surface area contributed by atoms with Gasteiger partial charge in [-0.2, -0.15) is 0 Å². The molecule has 0 bridgehead atoms. The monoisotopic (exact) mass is 310 g/mol. The number of azide groups is 1. The van der Waals surface area contributed by atoms with Gasteiger partial charge in [0.1, 0.15) is 11.4 Å². The average Bonchev–Trinajstić information content (AvgIpc) is 2.46. The molecule has 1 aromatic carbocycles. The molecular formula is C15H23FN4O2. The van der Waals surface area contributed by atoms with Crippen molar-refractivity contribution in [2.24, 2.45) is 5.11 Å². The van der Waals surface area contributed by atoms with Gasteiger partial charge in [0.2, 0.25) is 0 Å². The molecule has 7 heteroatoms. The molecule has 122 valence electrons. The molecule has 1 aromatic rings. The summed E-state index contributed by atoms with van der Waals surface area (Å²) in [6.45, 7) is 3.19. The molecule has 0 amide bonds. The molecule has 0 aliphatic heterocycles. The van der Waals surface area contributed by atoms with Crippen LogP contribution in [0, 0.1) is 0 Å². The van der Waals surface area contributed by atoms with E-state index in [4.69, 9.17) is 10.3 Å². The van der Waals surface area contributed by atoms with E-state index in [-0.39, 0.29) is 13.1 Å². The van der Waals surface area contributed by atoms with Gasteiger partial charge < -0.3 is 15.2 Å². The van der Waals surface area contributed by atoms with E-state index in [2.05, 4.69) is 15.3 Å². The third kappa shape index (κ3) is 6.76. The molecule has 0 aliphatic carbocycles. The van der Waals surface area contributed by atoms with Crippen LogP contribution in [0.1, 0.15) is 19.4 Å². The highest BCUT2D eigenvalue weighted by molar-refractivity contribution is 5.27. The highest BCUT2D eigenvalue weighted by Crippen LogP contribution is 2.15. The van der Waals surface area contributed by atoms with E-state index in [1.54, 1.807) is 19.2 Å². The van der Waals surface area contributed by atoms with Gasteiger partial charge in [-0.1, -0.05) is 17.2 Å². The molecule has 2 atom stereocenters. The number of nitrogens with zero attached hydrogens (tertiary/aromatic N) is 3. The Morgan fingerprint density at radius 3 is 2.55 bits per heavy atom. The summed E-state index contributed by atoms with van der Waals surface area (Å²) in [5, 5.41) is 16.6. The third-order valence-electron chi connectivity index (χ3n) is 3.15. The maximum absolute atomic E-state index is 13.4. The Morgan fingerprint density at radius 2 is 2.05 bits per heavy atom. The summed E-state index contributed by atoms with van der Waals surface area (Å²) in [7, 11) is 1.58. The summed E-state index contributed by atoms with van der Waals surface area (Å²) in [4.78, 5) is 2.78. The number of alkyl halides is 1. The minimum absolute atomic E-state index is 0.121. The van der Waals surface area contributed by atoms with E-state index in [9.17, 15) is 9.50 Å². The van der Waals surface area contributed by atoms with Gasteiger partial charge in [-0.05, 0) is 43.5 Å². The average molecular weight is 310 g/mol. The number of aliphatic hydroxyl groups excluding tert-OH is 1. The van der Waals surface area contributed by atoms with Crippen LogP contribution in [0.2, 0.25) is 0 Å². The van der Waals surface area contributed by atoms with Crippen LogP contribution in [-0.2, 0) is 6.42 Å². The molecule has 0 saturated heterocycles. The molecule has 0 radical (unpaired) electrons. The number of benzene rings is 1. The molecule has 0 unspecified atom stereocenters. The van der Waals surface area contributed by atoms with Crippen LogP contribution >= 0.6 is 0 Å². The Balaban J connectivity index is 2.61. The summed E-state index contributed by atoms with van der Waals surface area (Å²) >= 11 is 0. The van der Waals surface area contributed by atoms with Gasteiger partial charge >= 0.3 is 0 Å². The van der Waals surface area contributed by atoms with E-state index in [0.29, 0.717) is 6.42 Å². The summed E-state index contributed by atoms with van der Waals surface area (Å²) < 4.78 is 18.4. The van der Waals surface area contributed by atoms with Crippen molar-refractivity contribution in [2.75, 3.05) is 20.2 Å². The number of halogens is 1. The lowest BCUT2D eigenvalue weighted by Crippen LogP contribution is -2.40. The summed E-state index contributed by atoms with van der Waals surface area (Å²) in [6, 6.07) is 6.69. The lowest BCUT2D eigenvalue weighted by molar-refractivity contribution is 0.131. The van der Waals surface area contributed by atoms with Crippen LogP contribution in [0.15, 0.2) is 29.4 Å². The van der Waals surface area contributed by atoms with Crippen molar-refractivity contribution in [1.29, 1.82) is 0 Å². The first-order valence-corrected chi connectivity index (χ1v) is 7.10. The minimum atomic E-state index is -1.36. The first-order chi connectivity index (χ1) is 10.4. The molecule has 2 N–H and O–H groups in total. The molecule has 6 nitrogen and oxygen atoms in total. The van der Waals surface area contributed by atoms with Crippen LogP contribution in [-0.4, -0.2) is 43.1 Å². The Labute approximate surface area is 129 Å². The summed E-state index contributed by atoms with van der Waals surface area (Å²) in [5.74, 6) is 0.733. The molecule has 0 aromatic heterocycles. The van der Waals surface area contributed by atoms with Crippen molar-refractivity contribution >= 4 is 0 Å². The van der Waals surface area contributed by atoms with Crippen molar-refractivity contribution < 1.29 is 14.2 Å². The number of nitrogens with one attached hydrogen (secondary N) is 1. The number of rotatable bonds is 9. The molecule has 0 heterocycles. The smallest absolute Gasteiger partial charge is 0.118 e. The lowest BCUT2D eigenvalue weighted by Gasteiger charge is -2.21. The Hall–Kier alpha value is -1.82. The van der Waals surface area contributed by atoms with Crippen molar-refractivity contribution in [3.05, 3.63) is 40.3 Å². The molecule has 0 aliphatic rings. The van der Waals surface area contributed by atoms with Crippen LogP contribution < -0.4 is 10.1 Å². The zero-order chi connectivity index (χ0) is 16.6. The SMILES string of the molecule is COc1ccc(C[C@H](N=[N+]=[N-])[C@H](O)CNCC(C)(C)F)cc1. The quantitative estimate of drug-likeness (QED) is 0.417. The standard InChI is InChI=1S/C15H23FN4O2/c1-15(2,16)10-18-9-14(21)13(19-20-17)8-11-4-6-12(22-3)7-5-11/h4-7,13-14,18,21H,8-10H2,1-3H3/t13-,14+/m0/s1. The maximum Gasteiger partial charge on any atom is 0.118 e. The van der Waals surface area contributed by atoms with E-state index in [0.717, 1.165) is 11.3 Å². The predicted molar refractivity (Wildman–Crippen MR) is 83.7 cm³/mol. The Bertz CT molecular complexity index is 495. The highest BCUT2D eigenvalue weighted by atomic mass is 19.1. The van der Waals surface area contributed by atoms with Crippen molar-refractivity contribution in [1.82, 2.24) is 5.32 Å². The van der Waals surface area contributed by atoms with E-state index >= 15 is 0 Å². The Morgan fingerprint density at radius 1 is 1.41 bits per heavy atom. The van der Waals surface area contributed by atoms with Crippen LogP contribution in [0.3, 0.4) is 0 Å². The fraction of sp³-hybridized carbons (Fsp3) is 0.600. The van der Waals surface area contributed by atoms with Gasteiger partial charge in [-0.25, -0.2) is 4.39 Å². The first kappa shape index (κ1) is 18.2. The second-order valence-corrected chi connectivity index (χ2v) is 5.74. The molecule has 22 heavy (non-hydrogen) atoms. The second kappa shape index (κ2) is 8.58. The second-order valence-electron chi connectivity index (χ2n) is 5.74. The fourth-order valence-corrected chi connectivity index (χ4v) is 1.98. The van der Waals surface area contributed by atoms with E-state index in [1.807, 2.05) is 12.1 Å². The fourth-order valence-electron chi connectivity index (χ4n) is 1.98. The summed E-state index contributed by atoms with van der Waals surface area (Å²) in [6.07, 6.45) is -0.490. The number of hydrogen-bond acceptors (Lipinski definition) is 4. The molecule has 0 fully saturated rings. The molecule has 0 saturated carbocycles. The van der Waals surface area contributed by atoms with E-state index < -0.39 is 17.8 Å². The number of ether oxygens (including phenoxy) is 1. The van der Waals surface area contributed by atoms with Crippen molar-refractivity contribution in [3.63, 3.8) is 0 Å². The van der Waals surface area contributed by atoms with Gasteiger partial charge in [0, 0.05) is 18.0 Å². The lowest BCUT2D eigenvalue weighted by atomic mass is 10.0. The normalized spacial score (nSPS) is 14.0. The van der Waals surface area contributed by atoms with Gasteiger partial charge in [0.05, 0.1) is 19.3 Å². The zero-order valence-electron chi connectivity index (χ0n) is 13.2. The zero-order valence-corrected chi connectivity index (χ0v) is 13.2. The van der Waals surface area contributed by atoms with Crippen LogP contribution in [0.25, 0.3) is 10.4 Å². The molecule has 0 spiro atoms. The topological polar surface area (TPSA) is 90.2 Å². The maximum atomic E-state index is 13.4. The number of methoxy groups -OCH3 is 1. The van der Waals surface area contributed by atoms with Crippen LogP contribution in [0.5, 0.6) is 5.75 Å². The molecule has 1 rings (SSSR count). The first-order valence-electron chi connectivity index (χ1n) is 7.10. The third-order valence-corrected chi connectivity index (χ3v) is 3.15. The van der Waals surface area contributed by atoms with Gasteiger partial charge in [-0.15, -0.1) is 0 Å². The molecular weight excluding hydrogens is 287 g/mol. The van der Waals surface area contributed by atoms with Gasteiger partial charge in [0.15, 0.2) is 0 Å². The van der Waals surface area contributed by atoms with Gasteiger partial charge in [0.25, 0.3) is 0 Å². The minimum Gasteiger partial charge on any atom is -0.497 e. The number of hydrogen-bond donors (Lipinski definition) is 2. The van der Waals surface area contributed by atoms with Gasteiger partial charge in [-0.3, -0.25) is 0 Å². The highest BCUT2D eigenvalue weighted by Gasteiger charge is 2.20. The Kier molecular flexibility index (Phi) is 7.11. The van der Waals surface area contributed by atoms with Crippen LogP contribution in [0.4, 0.5) is 4.39 Å². The van der Waals surface area contributed by atoms with E-state index in [1.165, 1.54) is 13.8 Å². The van der Waals surface area contributed by atoms with Crippen molar-refractivity contribution in [2.45, 2.75) is 38.1 Å². The van der Waals surface area contributed by atoms with Crippen molar-refractivity contribution in [3.8, 4) is 5.75 Å².